The molecule has 0 radical (unpaired) electrons. The van der Waals surface area contributed by atoms with Crippen molar-refractivity contribution in [2.24, 2.45) is 0 Å². The number of para-hydroxylation sites is 1. The third-order valence-corrected chi connectivity index (χ3v) is 2.65. The largest absolute Gasteiger partial charge is 0.493 e. The molecule has 0 heterocycles. The lowest BCUT2D eigenvalue weighted by molar-refractivity contribution is 0.301. The molecular weight excluding hydrogens is 212 g/mol. The first-order valence-corrected chi connectivity index (χ1v) is 6.22. The highest BCUT2D eigenvalue weighted by Gasteiger charge is 2.14. The summed E-state index contributed by atoms with van der Waals surface area (Å²) in [6.45, 7) is 3.86. The highest BCUT2D eigenvalue weighted by molar-refractivity contribution is 5.36. The van der Waals surface area contributed by atoms with Crippen LogP contribution in [-0.2, 0) is 0 Å². The van der Waals surface area contributed by atoms with Crippen LogP contribution in [0, 0.1) is 0 Å². The smallest absolute Gasteiger partial charge is 0.124 e. The van der Waals surface area contributed by atoms with Crippen molar-refractivity contribution < 1.29 is 4.74 Å². The Morgan fingerprint density at radius 1 is 1.29 bits per heavy atom. The van der Waals surface area contributed by atoms with E-state index in [4.69, 9.17) is 4.74 Å². The molecule has 1 unspecified atom stereocenters. The van der Waals surface area contributed by atoms with Gasteiger partial charge in [0.25, 0.3) is 0 Å². The maximum Gasteiger partial charge on any atom is 0.124 e. The van der Waals surface area contributed by atoms with E-state index in [9.17, 15) is 0 Å². The number of hydrogen-bond donors (Lipinski definition) is 1. The average molecular weight is 236 g/mol. The lowest BCUT2D eigenvalue weighted by Crippen LogP contribution is -2.29. The Kier molecular flexibility index (Phi) is 6.01. The van der Waals surface area contributed by atoms with Crippen LogP contribution in [0.1, 0.15) is 24.9 Å². The van der Waals surface area contributed by atoms with Gasteiger partial charge in [0.15, 0.2) is 0 Å². The van der Waals surface area contributed by atoms with Gasteiger partial charge in [-0.15, -0.1) is 0 Å². The monoisotopic (exact) mass is 236 g/mol. The van der Waals surface area contributed by atoms with Gasteiger partial charge in [-0.1, -0.05) is 25.1 Å². The molecule has 1 atom stereocenters. The Hall–Kier alpha value is -1.06. The second-order valence-corrected chi connectivity index (χ2v) is 4.49. The molecule has 0 aliphatic rings. The first kappa shape index (κ1) is 14.0. The minimum atomic E-state index is 0.304. The summed E-state index contributed by atoms with van der Waals surface area (Å²) in [6.07, 6.45) is 1.03. The number of nitrogens with one attached hydrogen (secondary N) is 1. The van der Waals surface area contributed by atoms with E-state index in [1.165, 1.54) is 5.56 Å². The Morgan fingerprint density at radius 3 is 2.59 bits per heavy atom. The minimum Gasteiger partial charge on any atom is -0.493 e. The third-order valence-electron chi connectivity index (χ3n) is 2.65. The van der Waals surface area contributed by atoms with E-state index in [0.29, 0.717) is 6.04 Å². The van der Waals surface area contributed by atoms with Crippen LogP contribution in [-0.4, -0.2) is 39.2 Å². The third kappa shape index (κ3) is 4.36. The molecule has 0 bridgehead atoms. The molecule has 1 rings (SSSR count). The molecule has 0 spiro atoms. The first-order valence-electron chi connectivity index (χ1n) is 6.22. The molecule has 3 heteroatoms. The number of likely N-dealkylation sites (N-methyl/N-ethyl adjacent to an activating group) is 2. The molecule has 1 aromatic carbocycles. The van der Waals surface area contributed by atoms with E-state index in [0.717, 1.165) is 25.3 Å². The van der Waals surface area contributed by atoms with Gasteiger partial charge in [-0.3, -0.25) is 0 Å². The zero-order valence-electron chi connectivity index (χ0n) is 11.4. The van der Waals surface area contributed by atoms with Gasteiger partial charge in [0.2, 0.25) is 0 Å². The number of ether oxygens (including phenoxy) is 1. The molecule has 96 valence electrons. The molecule has 0 saturated carbocycles. The van der Waals surface area contributed by atoms with Gasteiger partial charge < -0.3 is 15.0 Å². The van der Waals surface area contributed by atoms with Gasteiger partial charge in [0.05, 0.1) is 6.61 Å². The molecule has 3 nitrogen and oxygen atoms in total. The van der Waals surface area contributed by atoms with Crippen molar-refractivity contribution in [3.63, 3.8) is 0 Å². The molecule has 1 aromatic rings. The fraction of sp³-hybridized carbons (Fsp3) is 0.571. The van der Waals surface area contributed by atoms with Crippen LogP contribution in [0.5, 0.6) is 5.75 Å². The Bertz CT molecular complexity index is 326. The van der Waals surface area contributed by atoms with Crippen LogP contribution in [0.25, 0.3) is 0 Å². The number of hydrogen-bond acceptors (Lipinski definition) is 3. The van der Waals surface area contributed by atoms with Crippen LogP contribution in [0.3, 0.4) is 0 Å². The number of benzene rings is 1. The van der Waals surface area contributed by atoms with Crippen LogP contribution in [0.2, 0.25) is 0 Å². The number of rotatable bonds is 7. The Morgan fingerprint density at radius 2 is 2.00 bits per heavy atom. The number of nitrogens with zero attached hydrogens (tertiary/aromatic N) is 1. The van der Waals surface area contributed by atoms with Crippen molar-refractivity contribution in [1.29, 1.82) is 0 Å². The van der Waals surface area contributed by atoms with E-state index in [2.05, 4.69) is 43.4 Å². The van der Waals surface area contributed by atoms with Gasteiger partial charge >= 0.3 is 0 Å². The predicted molar refractivity (Wildman–Crippen MR) is 72.6 cm³/mol. The van der Waals surface area contributed by atoms with Gasteiger partial charge in [0, 0.05) is 18.2 Å². The average Bonchev–Trinajstić information content (AvgIpc) is 2.33. The molecule has 0 fully saturated rings. The van der Waals surface area contributed by atoms with Crippen molar-refractivity contribution in [1.82, 2.24) is 10.2 Å². The fourth-order valence-electron chi connectivity index (χ4n) is 1.82. The summed E-state index contributed by atoms with van der Waals surface area (Å²) in [5.74, 6) is 0.996. The predicted octanol–water partition coefficient (Wildman–Crippen LogP) is 2.30. The lowest BCUT2D eigenvalue weighted by Gasteiger charge is -2.23. The summed E-state index contributed by atoms with van der Waals surface area (Å²) in [4.78, 5) is 2.18. The minimum absolute atomic E-state index is 0.304. The Balaban J connectivity index is 2.85. The van der Waals surface area contributed by atoms with E-state index < -0.39 is 0 Å². The van der Waals surface area contributed by atoms with Crippen LogP contribution in [0.15, 0.2) is 24.3 Å². The van der Waals surface area contributed by atoms with E-state index in [1.54, 1.807) is 0 Å². The summed E-state index contributed by atoms with van der Waals surface area (Å²) < 4.78 is 5.79. The van der Waals surface area contributed by atoms with Crippen LogP contribution in [0.4, 0.5) is 0 Å². The van der Waals surface area contributed by atoms with Gasteiger partial charge in [0.1, 0.15) is 5.75 Å². The maximum absolute atomic E-state index is 5.79. The molecular formula is C14H24N2O. The molecule has 0 amide bonds. The van der Waals surface area contributed by atoms with Gasteiger partial charge in [-0.2, -0.15) is 0 Å². The van der Waals surface area contributed by atoms with Crippen molar-refractivity contribution in [3.05, 3.63) is 29.8 Å². The maximum atomic E-state index is 5.79. The second kappa shape index (κ2) is 7.30. The van der Waals surface area contributed by atoms with Crippen LogP contribution < -0.4 is 10.1 Å². The normalized spacial score (nSPS) is 12.8. The molecule has 0 aliphatic carbocycles. The second-order valence-electron chi connectivity index (χ2n) is 4.49. The molecule has 17 heavy (non-hydrogen) atoms. The lowest BCUT2D eigenvalue weighted by atomic mass is 10.1. The standard InChI is InChI=1S/C14H24N2O/c1-5-10-17-14-9-7-6-8-12(14)13(15-2)11-16(3)4/h6-9,13,15H,5,10-11H2,1-4H3. The fourth-order valence-corrected chi connectivity index (χ4v) is 1.82. The zero-order chi connectivity index (χ0) is 12.7. The van der Waals surface area contributed by atoms with Gasteiger partial charge in [-0.05, 0) is 33.6 Å². The quantitative estimate of drug-likeness (QED) is 0.786. The molecule has 0 aliphatic heterocycles. The Labute approximate surface area is 105 Å². The topological polar surface area (TPSA) is 24.5 Å². The van der Waals surface area contributed by atoms with Crippen molar-refractivity contribution >= 4 is 0 Å². The van der Waals surface area contributed by atoms with Crippen LogP contribution >= 0.6 is 0 Å². The summed E-state index contributed by atoms with van der Waals surface area (Å²) in [5.41, 5.74) is 1.23. The highest BCUT2D eigenvalue weighted by Crippen LogP contribution is 2.25. The van der Waals surface area contributed by atoms with E-state index >= 15 is 0 Å². The zero-order valence-corrected chi connectivity index (χ0v) is 11.4. The molecule has 1 N–H and O–H groups in total. The van der Waals surface area contributed by atoms with Gasteiger partial charge in [-0.25, -0.2) is 0 Å². The summed E-state index contributed by atoms with van der Waals surface area (Å²) in [6, 6.07) is 8.57. The highest BCUT2D eigenvalue weighted by atomic mass is 16.5. The van der Waals surface area contributed by atoms with Crippen molar-refractivity contribution in [2.75, 3.05) is 34.3 Å². The summed E-state index contributed by atoms with van der Waals surface area (Å²) in [5, 5.41) is 3.34. The van der Waals surface area contributed by atoms with E-state index in [-0.39, 0.29) is 0 Å². The van der Waals surface area contributed by atoms with Crippen molar-refractivity contribution in [3.8, 4) is 5.75 Å². The molecule has 0 aromatic heterocycles. The summed E-state index contributed by atoms with van der Waals surface area (Å²) in [7, 11) is 6.16. The van der Waals surface area contributed by atoms with Crippen molar-refractivity contribution in [2.45, 2.75) is 19.4 Å². The molecule has 0 saturated heterocycles. The SMILES string of the molecule is CCCOc1ccccc1C(CN(C)C)NC. The first-order chi connectivity index (χ1) is 8.19. The summed E-state index contributed by atoms with van der Waals surface area (Å²) >= 11 is 0. The van der Waals surface area contributed by atoms with E-state index in [1.807, 2.05) is 19.2 Å².